The molecule has 1 aromatic carbocycles. The van der Waals surface area contributed by atoms with Gasteiger partial charge in [-0.25, -0.2) is 13.1 Å². The summed E-state index contributed by atoms with van der Waals surface area (Å²) in [6.07, 6.45) is 0.0890. The van der Waals surface area contributed by atoms with Gasteiger partial charge in [0.2, 0.25) is 15.9 Å². The van der Waals surface area contributed by atoms with Gasteiger partial charge >= 0.3 is 0 Å². The second kappa shape index (κ2) is 10.0. The SMILES string of the molecule is Cc1c(C)c(C)c(S(=O)(=O)NCCC(=O)NCC(c2cccs2)N(C)C)c(C)c1C. The second-order valence-corrected chi connectivity index (χ2v) is 10.6. The van der Waals surface area contributed by atoms with Crippen LogP contribution in [0.2, 0.25) is 0 Å². The van der Waals surface area contributed by atoms with Crippen LogP contribution in [0.1, 0.15) is 45.2 Å². The van der Waals surface area contributed by atoms with Crippen LogP contribution in [-0.4, -0.2) is 46.4 Å². The summed E-state index contributed by atoms with van der Waals surface area (Å²) in [7, 11) is 0.250. The van der Waals surface area contributed by atoms with Gasteiger partial charge in [0.15, 0.2) is 0 Å². The first kappa shape index (κ1) is 24.5. The van der Waals surface area contributed by atoms with Crippen molar-refractivity contribution in [2.75, 3.05) is 27.2 Å². The van der Waals surface area contributed by atoms with Gasteiger partial charge in [0.1, 0.15) is 0 Å². The van der Waals surface area contributed by atoms with E-state index < -0.39 is 10.0 Å². The van der Waals surface area contributed by atoms with Crippen molar-refractivity contribution in [3.05, 3.63) is 50.2 Å². The highest BCUT2D eigenvalue weighted by Crippen LogP contribution is 2.29. The van der Waals surface area contributed by atoms with Crippen molar-refractivity contribution in [1.82, 2.24) is 14.9 Å². The second-order valence-electron chi connectivity index (χ2n) is 7.90. The minimum Gasteiger partial charge on any atom is -0.354 e. The van der Waals surface area contributed by atoms with Crippen LogP contribution < -0.4 is 10.0 Å². The first-order valence-corrected chi connectivity index (χ1v) is 12.4. The molecular weight excluding hydrogens is 418 g/mol. The smallest absolute Gasteiger partial charge is 0.241 e. The first-order valence-electron chi connectivity index (χ1n) is 10.0. The number of benzene rings is 1. The molecule has 30 heavy (non-hydrogen) atoms. The summed E-state index contributed by atoms with van der Waals surface area (Å²) in [5.41, 5.74) is 4.61. The Morgan fingerprint density at radius 2 is 1.60 bits per heavy atom. The molecule has 2 N–H and O–H groups in total. The van der Waals surface area contributed by atoms with E-state index in [1.165, 1.54) is 4.88 Å². The Balaban J connectivity index is 1.99. The number of thiophene rings is 1. The van der Waals surface area contributed by atoms with E-state index >= 15 is 0 Å². The fourth-order valence-corrected chi connectivity index (χ4v) is 6.11. The predicted octanol–water partition coefficient (Wildman–Crippen LogP) is 3.38. The fraction of sp³-hybridized carbons (Fsp3) is 0.500. The molecule has 2 rings (SSSR count). The fourth-order valence-electron chi connectivity index (χ4n) is 3.56. The summed E-state index contributed by atoms with van der Waals surface area (Å²) in [6, 6.07) is 4.13. The average molecular weight is 452 g/mol. The van der Waals surface area contributed by atoms with Gasteiger partial charge in [0.05, 0.1) is 10.9 Å². The summed E-state index contributed by atoms with van der Waals surface area (Å²) >= 11 is 1.65. The minimum absolute atomic E-state index is 0.0602. The summed E-state index contributed by atoms with van der Waals surface area (Å²) in [5, 5.41) is 4.93. The summed E-state index contributed by atoms with van der Waals surface area (Å²) < 4.78 is 28.5. The zero-order valence-corrected chi connectivity index (χ0v) is 20.6. The lowest BCUT2D eigenvalue weighted by atomic mass is 9.95. The minimum atomic E-state index is -3.70. The molecule has 2 aromatic rings. The third-order valence-electron chi connectivity index (χ3n) is 5.83. The van der Waals surface area contributed by atoms with Crippen LogP contribution in [0.25, 0.3) is 0 Å². The van der Waals surface area contributed by atoms with Gasteiger partial charge in [-0.3, -0.25) is 4.79 Å². The molecular formula is C22H33N3O3S2. The third-order valence-corrected chi connectivity index (χ3v) is 8.54. The quantitative estimate of drug-likeness (QED) is 0.613. The molecule has 0 aliphatic rings. The Bertz CT molecular complexity index is 968. The highest BCUT2D eigenvalue weighted by Gasteiger charge is 2.23. The standard InChI is InChI=1S/C22H33N3O3S2/c1-14-15(2)17(4)22(18(5)16(14)3)30(27,28)24-11-10-21(26)23-13-19(25(6)7)20-9-8-12-29-20/h8-9,12,19,24H,10-11,13H2,1-7H3,(H,23,26). The molecule has 0 spiro atoms. The van der Waals surface area contributed by atoms with Crippen LogP contribution in [0.15, 0.2) is 22.4 Å². The van der Waals surface area contributed by atoms with Gasteiger partial charge in [0.25, 0.3) is 0 Å². The van der Waals surface area contributed by atoms with E-state index in [0.717, 1.165) is 27.8 Å². The maximum absolute atomic E-state index is 12.9. The largest absolute Gasteiger partial charge is 0.354 e. The first-order chi connectivity index (χ1) is 14.0. The van der Waals surface area contributed by atoms with Crippen molar-refractivity contribution in [3.8, 4) is 0 Å². The number of hydrogen-bond acceptors (Lipinski definition) is 5. The van der Waals surface area contributed by atoms with E-state index in [1.807, 2.05) is 66.2 Å². The molecule has 1 amide bonds. The molecule has 0 saturated carbocycles. The zero-order valence-electron chi connectivity index (χ0n) is 18.9. The molecule has 8 heteroatoms. The van der Waals surface area contributed by atoms with Crippen molar-refractivity contribution >= 4 is 27.3 Å². The van der Waals surface area contributed by atoms with Crippen molar-refractivity contribution in [3.63, 3.8) is 0 Å². The summed E-state index contributed by atoms with van der Waals surface area (Å²) in [6.45, 7) is 10.1. The molecule has 0 aliphatic carbocycles. The predicted molar refractivity (Wildman–Crippen MR) is 124 cm³/mol. The van der Waals surface area contributed by atoms with E-state index in [2.05, 4.69) is 14.9 Å². The molecule has 0 fully saturated rings. The van der Waals surface area contributed by atoms with Crippen molar-refractivity contribution in [2.24, 2.45) is 0 Å². The molecule has 1 unspecified atom stereocenters. The topological polar surface area (TPSA) is 78.5 Å². The van der Waals surface area contributed by atoms with E-state index in [-0.39, 0.29) is 24.9 Å². The van der Waals surface area contributed by atoms with E-state index in [0.29, 0.717) is 11.4 Å². The van der Waals surface area contributed by atoms with Crippen LogP contribution in [-0.2, 0) is 14.8 Å². The summed E-state index contributed by atoms with van der Waals surface area (Å²) in [5.74, 6) is -0.175. The maximum Gasteiger partial charge on any atom is 0.241 e. The third kappa shape index (κ3) is 5.49. The molecule has 6 nitrogen and oxygen atoms in total. The van der Waals surface area contributed by atoms with Gasteiger partial charge in [-0.1, -0.05) is 6.07 Å². The van der Waals surface area contributed by atoms with Crippen molar-refractivity contribution < 1.29 is 13.2 Å². The summed E-state index contributed by atoms with van der Waals surface area (Å²) in [4.78, 5) is 15.9. The van der Waals surface area contributed by atoms with E-state index in [9.17, 15) is 13.2 Å². The maximum atomic E-state index is 12.9. The van der Waals surface area contributed by atoms with Crippen molar-refractivity contribution in [1.29, 1.82) is 0 Å². The lowest BCUT2D eigenvalue weighted by Gasteiger charge is -2.23. The molecule has 0 bridgehead atoms. The van der Waals surface area contributed by atoms with Crippen LogP contribution in [0, 0.1) is 34.6 Å². The van der Waals surface area contributed by atoms with Crippen LogP contribution in [0.3, 0.4) is 0 Å². The lowest BCUT2D eigenvalue weighted by molar-refractivity contribution is -0.121. The van der Waals surface area contributed by atoms with Gasteiger partial charge in [-0.2, -0.15) is 0 Å². The van der Waals surface area contributed by atoms with E-state index in [4.69, 9.17) is 0 Å². The Morgan fingerprint density at radius 3 is 2.10 bits per heavy atom. The number of nitrogens with zero attached hydrogens (tertiary/aromatic N) is 1. The molecule has 1 atom stereocenters. The van der Waals surface area contributed by atoms with E-state index in [1.54, 1.807) is 11.3 Å². The monoisotopic (exact) mass is 451 g/mol. The number of carbonyl (C=O) groups excluding carboxylic acids is 1. The number of amides is 1. The number of rotatable bonds is 9. The average Bonchev–Trinajstić information content (AvgIpc) is 3.18. The number of carbonyl (C=O) groups is 1. The highest BCUT2D eigenvalue weighted by atomic mass is 32.2. The molecule has 1 aromatic heterocycles. The Labute approximate surface area is 184 Å². The Morgan fingerprint density at radius 1 is 1.03 bits per heavy atom. The molecule has 0 saturated heterocycles. The van der Waals surface area contributed by atoms with Crippen LogP contribution in [0.5, 0.6) is 0 Å². The Hall–Kier alpha value is -1.74. The lowest BCUT2D eigenvalue weighted by Crippen LogP contribution is -2.36. The van der Waals surface area contributed by atoms with Gasteiger partial charge in [-0.15, -0.1) is 11.3 Å². The normalized spacial score (nSPS) is 12.9. The molecule has 0 aliphatic heterocycles. The zero-order chi connectivity index (χ0) is 22.6. The Kier molecular flexibility index (Phi) is 8.21. The number of hydrogen-bond donors (Lipinski definition) is 2. The van der Waals surface area contributed by atoms with Gasteiger partial charge < -0.3 is 10.2 Å². The molecule has 0 radical (unpaired) electrons. The van der Waals surface area contributed by atoms with Crippen molar-refractivity contribution in [2.45, 2.75) is 52.0 Å². The number of sulfonamides is 1. The van der Waals surface area contributed by atoms with Gasteiger partial charge in [0, 0.05) is 24.4 Å². The van der Waals surface area contributed by atoms with Gasteiger partial charge in [-0.05, 0) is 88.0 Å². The number of nitrogens with one attached hydrogen (secondary N) is 2. The number of likely N-dealkylation sites (N-methyl/N-ethyl adjacent to an activating group) is 1. The molecule has 1 heterocycles. The van der Waals surface area contributed by atoms with Crippen LogP contribution >= 0.6 is 11.3 Å². The highest BCUT2D eigenvalue weighted by molar-refractivity contribution is 7.89. The molecule has 166 valence electrons. The van der Waals surface area contributed by atoms with Crippen LogP contribution in [0.4, 0.5) is 0 Å².